The standard InChI is InChI=1S/C65H106O31/c1-25-36(70)40(74)45(79)54(87-25)94-51-31(22-68)90-53(49(83)44(51)78)86-24-32-39(73)43(77)48(82)57(91-32)96-59(84)65-17-15-60(2,3)19-27(65)26-9-10-34-62(6)13-12-35(61(4,5)33(62)11-14-64(34,8)63(26,7)16-18-65)92-58-52(95-56-47(81)42(76)38(72)30(21-67)89-56)50(28(69)23-85-58)93-55-46(80)41(75)37(71)29(20-66)88-55/h9,25,27-58,66-83H,10-24H2,1-8H3/t25-,27-,28-,29+,30+,31+,32+,33-,34+,35-,36-,37+,38-,39+,40+,41-,42-,43-,44+,45+,46+,47+,48+,49+,50-,51+,52+,53+,54-,55-,56-,57-,58-,62-,63+,64+,65-/m0/s1. The number of ether oxygens (including phenoxy) is 12. The van der Waals surface area contributed by atoms with Crippen LogP contribution in [0.25, 0.3) is 0 Å². The van der Waals surface area contributed by atoms with Gasteiger partial charge >= 0.3 is 5.97 Å². The Morgan fingerprint density at radius 3 is 1.60 bits per heavy atom. The van der Waals surface area contributed by atoms with Crippen LogP contribution < -0.4 is 0 Å². The van der Waals surface area contributed by atoms with Crippen molar-refractivity contribution >= 4 is 5.97 Å². The highest BCUT2D eigenvalue weighted by Gasteiger charge is 2.71. The molecule has 37 atom stereocenters. The van der Waals surface area contributed by atoms with Crippen LogP contribution in [0.4, 0.5) is 0 Å². The van der Waals surface area contributed by atoms with E-state index in [0.29, 0.717) is 51.4 Å². The smallest absolute Gasteiger partial charge is 0.315 e. The van der Waals surface area contributed by atoms with Gasteiger partial charge in [0.1, 0.15) is 134 Å². The van der Waals surface area contributed by atoms with Crippen molar-refractivity contribution < 1.29 is 154 Å². The first kappa shape index (κ1) is 75.2. The van der Waals surface area contributed by atoms with Crippen LogP contribution in [0.3, 0.4) is 0 Å². The first-order chi connectivity index (χ1) is 45.0. The minimum atomic E-state index is -1.92. The van der Waals surface area contributed by atoms with Crippen molar-refractivity contribution in [2.24, 2.45) is 50.2 Å². The van der Waals surface area contributed by atoms with Gasteiger partial charge < -0.3 is 149 Å². The number of aliphatic hydroxyl groups excluding tert-OH is 18. The van der Waals surface area contributed by atoms with Crippen LogP contribution in [-0.4, -0.2) is 315 Å². The first-order valence-electron chi connectivity index (χ1n) is 34.1. The summed E-state index contributed by atoms with van der Waals surface area (Å²) in [6, 6.07) is 0. The van der Waals surface area contributed by atoms with Gasteiger partial charge in [-0.15, -0.1) is 0 Å². The highest BCUT2D eigenvalue weighted by atomic mass is 16.8. The van der Waals surface area contributed by atoms with E-state index in [1.807, 2.05) is 0 Å². The number of aliphatic hydroxyl groups is 18. The summed E-state index contributed by atoms with van der Waals surface area (Å²) >= 11 is 0. The number of carbonyl (C=O) groups excluding carboxylic acids is 1. The average molecular weight is 1380 g/mol. The molecule has 5 aliphatic carbocycles. The third-order valence-electron chi connectivity index (χ3n) is 25.2. The maximum atomic E-state index is 15.3. The van der Waals surface area contributed by atoms with Crippen LogP contribution in [0, 0.1) is 50.2 Å². The van der Waals surface area contributed by atoms with Crippen LogP contribution in [0.2, 0.25) is 0 Å². The maximum absolute atomic E-state index is 15.3. The minimum absolute atomic E-state index is 0.0309. The van der Waals surface area contributed by atoms with Gasteiger partial charge in [0, 0.05) is 0 Å². The summed E-state index contributed by atoms with van der Waals surface area (Å²) in [4.78, 5) is 15.3. The molecule has 0 spiro atoms. The van der Waals surface area contributed by atoms with Crippen molar-refractivity contribution in [2.45, 2.75) is 304 Å². The molecule has 31 heteroatoms. The van der Waals surface area contributed by atoms with Crippen LogP contribution in [0.15, 0.2) is 11.6 Å². The molecule has 31 nitrogen and oxygen atoms in total. The molecule has 96 heavy (non-hydrogen) atoms. The van der Waals surface area contributed by atoms with E-state index in [-0.39, 0.29) is 34.0 Å². The molecule has 18 N–H and O–H groups in total. The van der Waals surface area contributed by atoms with Gasteiger partial charge in [-0.2, -0.15) is 0 Å². The molecule has 0 aromatic heterocycles. The van der Waals surface area contributed by atoms with Crippen molar-refractivity contribution in [2.75, 3.05) is 33.0 Å². The summed E-state index contributed by atoms with van der Waals surface area (Å²) in [5.74, 6) is -0.800. The largest absolute Gasteiger partial charge is 0.432 e. The molecule has 4 saturated carbocycles. The predicted octanol–water partition coefficient (Wildman–Crippen LogP) is -4.72. The molecule has 11 aliphatic rings. The molecule has 6 heterocycles. The number of esters is 1. The highest BCUT2D eigenvalue weighted by Crippen LogP contribution is 2.76. The molecule has 0 amide bonds. The second-order valence-electron chi connectivity index (χ2n) is 31.5. The average Bonchev–Trinajstić information content (AvgIpc) is 0.676. The van der Waals surface area contributed by atoms with E-state index in [9.17, 15) is 91.9 Å². The Morgan fingerprint density at radius 1 is 0.490 bits per heavy atom. The number of allylic oxidation sites excluding steroid dienone is 2. The lowest BCUT2D eigenvalue weighted by atomic mass is 9.33. The Labute approximate surface area is 556 Å². The lowest BCUT2D eigenvalue weighted by Crippen LogP contribution is -2.67. The Morgan fingerprint density at radius 2 is 1.00 bits per heavy atom. The second kappa shape index (κ2) is 28.3. The zero-order valence-corrected chi connectivity index (χ0v) is 55.6. The second-order valence-corrected chi connectivity index (χ2v) is 31.5. The lowest BCUT2D eigenvalue weighted by Gasteiger charge is -2.71. The van der Waals surface area contributed by atoms with Gasteiger partial charge in [-0.3, -0.25) is 4.79 Å². The van der Waals surface area contributed by atoms with E-state index in [2.05, 4.69) is 54.5 Å². The minimum Gasteiger partial charge on any atom is -0.432 e. The third-order valence-corrected chi connectivity index (χ3v) is 25.2. The number of hydrogen-bond donors (Lipinski definition) is 18. The van der Waals surface area contributed by atoms with Gasteiger partial charge in [0.2, 0.25) is 6.29 Å². The fourth-order valence-corrected chi connectivity index (χ4v) is 19.0. The van der Waals surface area contributed by atoms with Crippen molar-refractivity contribution in [1.29, 1.82) is 0 Å². The molecule has 0 unspecified atom stereocenters. The van der Waals surface area contributed by atoms with Crippen molar-refractivity contribution in [3.05, 3.63) is 11.6 Å². The van der Waals surface area contributed by atoms with Crippen LogP contribution in [-0.2, 0) is 61.6 Å². The molecule has 10 fully saturated rings. The summed E-state index contributed by atoms with van der Waals surface area (Å²) in [6.45, 7) is 13.6. The molecule has 11 rings (SSSR count). The summed E-state index contributed by atoms with van der Waals surface area (Å²) < 4.78 is 72.2. The normalized spacial score (nSPS) is 54.1. The van der Waals surface area contributed by atoms with E-state index in [0.717, 1.165) is 12.8 Å². The number of hydrogen-bond acceptors (Lipinski definition) is 31. The van der Waals surface area contributed by atoms with Crippen LogP contribution >= 0.6 is 0 Å². The van der Waals surface area contributed by atoms with Crippen molar-refractivity contribution in [3.8, 4) is 0 Å². The quantitative estimate of drug-likeness (QED) is 0.0392. The summed E-state index contributed by atoms with van der Waals surface area (Å²) in [7, 11) is 0. The van der Waals surface area contributed by atoms with Gasteiger partial charge in [0.15, 0.2) is 31.5 Å². The number of fused-ring (bicyclic) bond motifs is 7. The molecule has 0 radical (unpaired) electrons. The Bertz CT molecular complexity index is 2690. The monoisotopic (exact) mass is 1380 g/mol. The molecule has 6 aliphatic heterocycles. The SMILES string of the molecule is C[C@@H]1O[C@@H](O[C@H]2[C@H](O)[C@@H](O)[C@H](OC[C@H]3O[C@@H](OC(=O)[C@]45CCC(C)(C)C[C@H]4C4=CC[C@@H]6[C@@]7(C)CC[C@H](O[C@@H]8OC[C@H](O)[C@H](O[C@@H]9O[C@H](CO)[C@@H](O)[C@H](O)[C@H]9O)[C@H]8O[C@@H]8O[C@H](CO)[C@H](O)[C@H](O)[C@H]8O)C(C)(C)[C@@H]7CC[C@@]6(C)[C@]4(C)CC5)[C@H](O)[C@@H](O)[C@@H]3O)O[C@@H]2CO)[C@H](O)[C@H](O)[C@H]1O. The van der Waals surface area contributed by atoms with Gasteiger partial charge in [0.25, 0.3) is 0 Å². The molecular weight excluding hydrogens is 1280 g/mol. The van der Waals surface area contributed by atoms with E-state index >= 15 is 4.79 Å². The summed E-state index contributed by atoms with van der Waals surface area (Å²) in [5, 5.41) is 194. The third kappa shape index (κ3) is 12.9. The molecule has 0 aromatic carbocycles. The molecule has 6 saturated heterocycles. The molecule has 552 valence electrons. The van der Waals surface area contributed by atoms with E-state index in [1.54, 1.807) is 0 Å². The fraction of sp³-hybridized carbons (Fsp3) is 0.954. The van der Waals surface area contributed by atoms with Crippen molar-refractivity contribution in [3.63, 3.8) is 0 Å². The van der Waals surface area contributed by atoms with Crippen molar-refractivity contribution in [1.82, 2.24) is 0 Å². The maximum Gasteiger partial charge on any atom is 0.315 e. The number of carbonyl (C=O) groups is 1. The van der Waals surface area contributed by atoms with Crippen LogP contribution in [0.1, 0.15) is 120 Å². The van der Waals surface area contributed by atoms with Gasteiger partial charge in [0.05, 0.1) is 50.7 Å². The van der Waals surface area contributed by atoms with E-state index < -0.39 is 239 Å². The Kier molecular flexibility index (Phi) is 22.1. The number of rotatable bonds is 16. The molecular formula is C65H106O31. The predicted molar refractivity (Wildman–Crippen MR) is 321 cm³/mol. The topological polar surface area (TPSA) is 492 Å². The zero-order chi connectivity index (χ0) is 70.0. The zero-order valence-electron chi connectivity index (χ0n) is 55.6. The fourth-order valence-electron chi connectivity index (χ4n) is 19.0. The van der Waals surface area contributed by atoms with Gasteiger partial charge in [-0.25, -0.2) is 0 Å². The lowest BCUT2D eigenvalue weighted by molar-refractivity contribution is -0.389. The Hall–Kier alpha value is -1.95. The van der Waals surface area contributed by atoms with E-state index in [4.69, 9.17) is 56.8 Å². The van der Waals surface area contributed by atoms with Crippen LogP contribution in [0.5, 0.6) is 0 Å². The molecule has 0 bridgehead atoms. The van der Waals surface area contributed by atoms with Gasteiger partial charge in [-0.1, -0.05) is 60.1 Å². The van der Waals surface area contributed by atoms with E-state index in [1.165, 1.54) is 12.5 Å². The first-order valence-corrected chi connectivity index (χ1v) is 34.1. The molecule has 0 aromatic rings. The van der Waals surface area contributed by atoms with Gasteiger partial charge in [-0.05, 0) is 116 Å². The summed E-state index contributed by atoms with van der Waals surface area (Å²) in [5.41, 5.74) is -1.77. The Balaban J connectivity index is 0.791. The highest BCUT2D eigenvalue weighted by molar-refractivity contribution is 5.79. The summed E-state index contributed by atoms with van der Waals surface area (Å²) in [6.07, 6.45) is -40.6.